The second-order valence-corrected chi connectivity index (χ2v) is 11.0. The molecule has 0 bridgehead atoms. The molecule has 10 heteroatoms. The van der Waals surface area contributed by atoms with Gasteiger partial charge in [-0.1, -0.05) is 30.7 Å². The summed E-state index contributed by atoms with van der Waals surface area (Å²) in [5.41, 5.74) is 7.96. The maximum atomic E-state index is 14.3. The maximum Gasteiger partial charge on any atom is 0.274 e. The Hall–Kier alpha value is -2.49. The number of hydrogen-bond donors (Lipinski definition) is 2. The van der Waals surface area contributed by atoms with Crippen molar-refractivity contribution in [3.63, 3.8) is 0 Å². The van der Waals surface area contributed by atoms with Gasteiger partial charge in [0.15, 0.2) is 22.5 Å². The molecule has 1 atom stereocenters. The van der Waals surface area contributed by atoms with Gasteiger partial charge in [0.2, 0.25) is 0 Å². The van der Waals surface area contributed by atoms with Crippen LogP contribution in [0, 0.1) is 12.7 Å². The Morgan fingerprint density at radius 3 is 2.59 bits per heavy atom. The number of nitrogens with two attached hydrogens (primary N) is 1. The van der Waals surface area contributed by atoms with Crippen LogP contribution in [-0.4, -0.2) is 76.5 Å². The normalized spacial score (nSPS) is 21.8. The number of nitrogens with one attached hydrogen (secondary N) is 1. The van der Waals surface area contributed by atoms with E-state index in [-0.39, 0.29) is 34.4 Å². The predicted molar refractivity (Wildman–Crippen MR) is 144 cm³/mol. The highest BCUT2D eigenvalue weighted by Gasteiger charge is 2.35. The summed E-state index contributed by atoms with van der Waals surface area (Å²) >= 11 is 6.51. The smallest absolute Gasteiger partial charge is 0.274 e. The lowest BCUT2D eigenvalue weighted by atomic mass is 9.97. The zero-order chi connectivity index (χ0) is 26.1. The first kappa shape index (κ1) is 26.1. The van der Waals surface area contributed by atoms with Crippen LogP contribution in [0.5, 0.6) is 0 Å². The van der Waals surface area contributed by atoms with E-state index in [1.807, 2.05) is 19.1 Å². The van der Waals surface area contributed by atoms with E-state index in [4.69, 9.17) is 17.3 Å². The Kier molecular flexibility index (Phi) is 7.83. The summed E-state index contributed by atoms with van der Waals surface area (Å²) in [6, 6.07) is 6.59. The standard InChI is InChI=1S/C27H37ClFN7O/c1-3-20-16-35(26-24(28)32-23(25(30)33-26)27(37)31-19-6-7-19)12-13-36(20)21-8-10-34(11-9-21)15-18-5-4-17(2)14-22(18)29/h4-5,14,19-21H,3,6-13,15-16H2,1-2H3,(H2,30,33)(H,31,37)/t20-/m0/s1. The number of anilines is 2. The van der Waals surface area contributed by atoms with Crippen molar-refractivity contribution >= 4 is 29.1 Å². The second-order valence-electron chi connectivity index (χ2n) is 10.7. The van der Waals surface area contributed by atoms with Gasteiger partial charge in [-0.3, -0.25) is 14.6 Å². The van der Waals surface area contributed by atoms with Crippen LogP contribution in [0.4, 0.5) is 16.0 Å². The lowest BCUT2D eigenvalue weighted by molar-refractivity contribution is 0.0607. The van der Waals surface area contributed by atoms with Crippen molar-refractivity contribution in [1.82, 2.24) is 25.1 Å². The molecule has 2 aliphatic heterocycles. The van der Waals surface area contributed by atoms with E-state index < -0.39 is 0 Å². The number of amides is 1. The zero-order valence-electron chi connectivity index (χ0n) is 21.7. The average molecular weight is 530 g/mol. The highest BCUT2D eigenvalue weighted by atomic mass is 35.5. The molecule has 1 aromatic carbocycles. The molecule has 0 spiro atoms. The summed E-state index contributed by atoms with van der Waals surface area (Å²) in [7, 11) is 0. The Balaban J connectivity index is 1.19. The molecular weight excluding hydrogens is 493 g/mol. The SMILES string of the molecule is CC[C@H]1CN(c2nc(N)c(C(=O)NC3CC3)nc2Cl)CCN1C1CCN(Cc2ccc(C)cc2F)CC1. The van der Waals surface area contributed by atoms with Crippen molar-refractivity contribution in [3.8, 4) is 0 Å². The number of halogens is 2. The first-order valence-electron chi connectivity index (χ1n) is 13.4. The largest absolute Gasteiger partial charge is 0.382 e. The highest BCUT2D eigenvalue weighted by Crippen LogP contribution is 2.30. The zero-order valence-corrected chi connectivity index (χ0v) is 22.5. The average Bonchev–Trinajstić information content (AvgIpc) is 3.71. The maximum absolute atomic E-state index is 14.3. The molecule has 3 aliphatic rings. The van der Waals surface area contributed by atoms with Crippen molar-refractivity contribution in [2.75, 3.05) is 43.4 Å². The topological polar surface area (TPSA) is 90.6 Å². The van der Waals surface area contributed by atoms with Crippen molar-refractivity contribution in [1.29, 1.82) is 0 Å². The number of carbonyl (C=O) groups excluding carboxylic acids is 1. The summed E-state index contributed by atoms with van der Waals surface area (Å²) in [5, 5.41) is 3.11. The molecule has 2 aromatic rings. The van der Waals surface area contributed by atoms with Crippen LogP contribution in [0.3, 0.4) is 0 Å². The minimum absolute atomic E-state index is 0.101. The molecule has 1 amide bonds. The van der Waals surface area contributed by atoms with Gasteiger partial charge in [-0.15, -0.1) is 0 Å². The molecule has 1 aromatic heterocycles. The van der Waals surface area contributed by atoms with Gasteiger partial charge in [-0.2, -0.15) is 0 Å². The van der Waals surface area contributed by atoms with Gasteiger partial charge in [-0.05, 0) is 63.7 Å². The van der Waals surface area contributed by atoms with E-state index in [1.165, 1.54) is 0 Å². The van der Waals surface area contributed by atoms with Crippen molar-refractivity contribution in [2.24, 2.45) is 0 Å². The Morgan fingerprint density at radius 2 is 1.92 bits per heavy atom. The minimum Gasteiger partial charge on any atom is -0.382 e. The van der Waals surface area contributed by atoms with Gasteiger partial charge in [-0.25, -0.2) is 14.4 Å². The number of aromatic nitrogens is 2. The van der Waals surface area contributed by atoms with Crippen LogP contribution in [0.25, 0.3) is 0 Å². The van der Waals surface area contributed by atoms with Gasteiger partial charge in [0.1, 0.15) is 5.82 Å². The van der Waals surface area contributed by atoms with Gasteiger partial charge in [0, 0.05) is 49.9 Å². The lowest BCUT2D eigenvalue weighted by Crippen LogP contribution is -2.58. The number of carbonyl (C=O) groups is 1. The highest BCUT2D eigenvalue weighted by molar-refractivity contribution is 6.32. The Bertz CT molecular complexity index is 1140. The third kappa shape index (κ3) is 5.99. The summed E-state index contributed by atoms with van der Waals surface area (Å²) in [6.07, 6.45) is 5.12. The van der Waals surface area contributed by atoms with Crippen LogP contribution in [0.2, 0.25) is 5.15 Å². The fraction of sp³-hybridized carbons (Fsp3) is 0.593. The van der Waals surface area contributed by atoms with Gasteiger partial charge in [0.05, 0.1) is 0 Å². The van der Waals surface area contributed by atoms with E-state index in [1.54, 1.807) is 6.07 Å². The van der Waals surface area contributed by atoms with Crippen LogP contribution in [0.15, 0.2) is 18.2 Å². The molecule has 3 heterocycles. The number of nitrogen functional groups attached to an aromatic ring is 1. The molecule has 3 fully saturated rings. The summed E-state index contributed by atoms with van der Waals surface area (Å²) in [4.78, 5) is 28.4. The molecule has 3 N–H and O–H groups in total. The summed E-state index contributed by atoms with van der Waals surface area (Å²) in [5.74, 6) is 0.248. The first-order chi connectivity index (χ1) is 17.8. The Morgan fingerprint density at radius 1 is 1.16 bits per heavy atom. The number of benzene rings is 1. The number of nitrogens with zero attached hydrogens (tertiary/aromatic N) is 5. The van der Waals surface area contributed by atoms with E-state index in [0.29, 0.717) is 24.4 Å². The van der Waals surface area contributed by atoms with Gasteiger partial charge >= 0.3 is 0 Å². The minimum atomic E-state index is -0.311. The van der Waals surface area contributed by atoms with Gasteiger partial charge < -0.3 is 16.0 Å². The van der Waals surface area contributed by atoms with E-state index in [2.05, 4.69) is 36.9 Å². The van der Waals surface area contributed by atoms with Crippen LogP contribution >= 0.6 is 11.6 Å². The Labute approximate surface area is 223 Å². The van der Waals surface area contributed by atoms with Crippen molar-refractivity contribution < 1.29 is 9.18 Å². The van der Waals surface area contributed by atoms with E-state index in [0.717, 1.165) is 76.0 Å². The monoisotopic (exact) mass is 529 g/mol. The van der Waals surface area contributed by atoms with Gasteiger partial charge in [0.25, 0.3) is 5.91 Å². The molecule has 0 radical (unpaired) electrons. The molecule has 2 saturated heterocycles. The first-order valence-corrected chi connectivity index (χ1v) is 13.8. The van der Waals surface area contributed by atoms with E-state index >= 15 is 0 Å². The second kappa shape index (κ2) is 11.1. The quantitative estimate of drug-likeness (QED) is 0.566. The molecule has 1 aliphatic carbocycles. The predicted octanol–water partition coefficient (Wildman–Crippen LogP) is 3.62. The number of aryl methyl sites for hydroxylation is 1. The molecule has 8 nitrogen and oxygen atoms in total. The summed E-state index contributed by atoms with van der Waals surface area (Å²) < 4.78 is 14.3. The number of piperazine rings is 1. The van der Waals surface area contributed by atoms with Crippen LogP contribution in [-0.2, 0) is 6.54 Å². The third-order valence-corrected chi connectivity index (χ3v) is 8.17. The number of likely N-dealkylation sites (tertiary alicyclic amines) is 1. The van der Waals surface area contributed by atoms with E-state index in [9.17, 15) is 9.18 Å². The third-order valence-electron chi connectivity index (χ3n) is 7.92. The molecule has 37 heavy (non-hydrogen) atoms. The van der Waals surface area contributed by atoms with Crippen LogP contribution < -0.4 is 16.0 Å². The number of hydrogen-bond acceptors (Lipinski definition) is 7. The molecule has 0 unspecified atom stereocenters. The molecule has 1 saturated carbocycles. The fourth-order valence-corrected chi connectivity index (χ4v) is 5.85. The molecule has 200 valence electrons. The summed E-state index contributed by atoms with van der Waals surface area (Å²) in [6.45, 7) is 9.18. The number of piperidine rings is 1. The lowest BCUT2D eigenvalue weighted by Gasteiger charge is -2.47. The molecular formula is C27H37ClFN7O. The van der Waals surface area contributed by atoms with Crippen LogP contribution in [0.1, 0.15) is 60.6 Å². The van der Waals surface area contributed by atoms with Crippen molar-refractivity contribution in [3.05, 3.63) is 46.0 Å². The number of rotatable bonds is 7. The van der Waals surface area contributed by atoms with Crippen molar-refractivity contribution in [2.45, 2.75) is 70.6 Å². The molecule has 5 rings (SSSR count). The fourth-order valence-electron chi connectivity index (χ4n) is 5.60.